The van der Waals surface area contributed by atoms with Crippen LogP contribution in [0.25, 0.3) is 0 Å². The van der Waals surface area contributed by atoms with E-state index in [2.05, 4.69) is 11.8 Å². The van der Waals surface area contributed by atoms with Gasteiger partial charge in [0.15, 0.2) is 0 Å². The molecule has 0 saturated carbocycles. The van der Waals surface area contributed by atoms with Crippen molar-refractivity contribution in [1.29, 1.82) is 0 Å². The topological polar surface area (TPSA) is 66.4 Å². The number of halogens is 4. The number of nitrogens with one attached hydrogen (secondary N) is 1. The molecule has 0 heterocycles. The molecule has 1 aromatic carbocycles. The Labute approximate surface area is 112 Å². The minimum Gasteiger partial charge on any atom is -0.384 e. The van der Waals surface area contributed by atoms with Crippen molar-refractivity contribution in [3.8, 4) is 11.8 Å². The lowest BCUT2D eigenvalue weighted by atomic mass is 10.2. The van der Waals surface area contributed by atoms with Gasteiger partial charge in [-0.3, -0.25) is 0 Å². The van der Waals surface area contributed by atoms with Crippen LogP contribution in [0.15, 0.2) is 23.1 Å². The van der Waals surface area contributed by atoms with Crippen LogP contribution in [-0.2, 0) is 10.0 Å². The number of rotatable bonds is 3. The van der Waals surface area contributed by atoms with Crippen molar-refractivity contribution >= 4 is 10.0 Å². The highest BCUT2D eigenvalue weighted by molar-refractivity contribution is 7.89. The lowest BCUT2D eigenvalue weighted by Gasteiger charge is -2.10. The van der Waals surface area contributed by atoms with E-state index >= 15 is 0 Å². The minimum absolute atomic E-state index is 0.0892. The van der Waals surface area contributed by atoms with Crippen molar-refractivity contribution in [2.75, 3.05) is 13.2 Å². The molecular formula is C11H9F4NO3S. The molecule has 0 unspecified atom stereocenters. The van der Waals surface area contributed by atoms with Gasteiger partial charge in [-0.05, 0) is 18.2 Å². The monoisotopic (exact) mass is 311 g/mol. The van der Waals surface area contributed by atoms with Gasteiger partial charge in [0.1, 0.15) is 23.9 Å². The summed E-state index contributed by atoms with van der Waals surface area (Å²) < 4.78 is 73.6. The maximum Gasteiger partial charge on any atom is 0.402 e. The molecule has 0 radical (unpaired) electrons. The van der Waals surface area contributed by atoms with E-state index in [1.165, 1.54) is 4.72 Å². The maximum absolute atomic E-state index is 13.6. The maximum atomic E-state index is 13.6. The zero-order valence-electron chi connectivity index (χ0n) is 9.83. The highest BCUT2D eigenvalue weighted by atomic mass is 32.2. The summed E-state index contributed by atoms with van der Waals surface area (Å²) in [6, 6.07) is 2.67. The highest BCUT2D eigenvalue weighted by Crippen LogP contribution is 2.18. The molecule has 0 fully saturated rings. The molecular weight excluding hydrogens is 302 g/mol. The van der Waals surface area contributed by atoms with Crippen molar-refractivity contribution < 1.29 is 31.1 Å². The number of benzene rings is 1. The molecule has 110 valence electrons. The van der Waals surface area contributed by atoms with Crippen LogP contribution in [-0.4, -0.2) is 32.9 Å². The first kappa shape index (κ1) is 16.4. The molecule has 0 bridgehead atoms. The summed E-state index contributed by atoms with van der Waals surface area (Å²) in [5.74, 6) is 3.32. The summed E-state index contributed by atoms with van der Waals surface area (Å²) in [5, 5.41) is 8.45. The fourth-order valence-corrected chi connectivity index (χ4v) is 2.26. The Morgan fingerprint density at radius 1 is 1.30 bits per heavy atom. The van der Waals surface area contributed by atoms with Crippen LogP contribution in [0.1, 0.15) is 5.56 Å². The fraction of sp³-hybridized carbons (Fsp3) is 0.273. The average Bonchev–Trinajstić information content (AvgIpc) is 2.33. The first-order valence-corrected chi connectivity index (χ1v) is 6.60. The van der Waals surface area contributed by atoms with Crippen LogP contribution in [0, 0.1) is 17.7 Å². The van der Waals surface area contributed by atoms with E-state index in [1.54, 1.807) is 0 Å². The van der Waals surface area contributed by atoms with Crippen LogP contribution in [0.5, 0.6) is 0 Å². The van der Waals surface area contributed by atoms with Crippen molar-refractivity contribution in [3.05, 3.63) is 29.6 Å². The van der Waals surface area contributed by atoms with Gasteiger partial charge in [-0.2, -0.15) is 13.2 Å². The predicted molar refractivity (Wildman–Crippen MR) is 61.6 cm³/mol. The smallest absolute Gasteiger partial charge is 0.384 e. The molecule has 1 rings (SSSR count). The van der Waals surface area contributed by atoms with Crippen molar-refractivity contribution in [2.45, 2.75) is 11.1 Å². The number of sulfonamides is 1. The van der Waals surface area contributed by atoms with Gasteiger partial charge in [-0.25, -0.2) is 17.5 Å². The zero-order chi connectivity index (χ0) is 15.4. The molecule has 0 aliphatic carbocycles. The number of aliphatic hydroxyl groups is 1. The molecule has 2 N–H and O–H groups in total. The Kier molecular flexibility index (Phi) is 5.10. The van der Waals surface area contributed by atoms with Crippen molar-refractivity contribution in [3.63, 3.8) is 0 Å². The molecule has 0 aliphatic rings. The molecule has 0 saturated heterocycles. The normalized spacial score (nSPS) is 11.8. The SMILES string of the molecule is O=S(=O)(NCC(F)(F)F)c1ccc(C#CCO)cc1F. The molecule has 20 heavy (non-hydrogen) atoms. The Bertz CT molecular complexity index is 644. The molecule has 4 nitrogen and oxygen atoms in total. The predicted octanol–water partition coefficient (Wildman–Crippen LogP) is 1.01. The third kappa shape index (κ3) is 4.80. The minimum atomic E-state index is -4.74. The number of aliphatic hydroxyl groups excluding tert-OH is 1. The lowest BCUT2D eigenvalue weighted by Crippen LogP contribution is -2.34. The van der Waals surface area contributed by atoms with Gasteiger partial charge in [0.05, 0.1) is 0 Å². The standard InChI is InChI=1S/C11H9F4NO3S/c12-9-6-8(2-1-5-17)3-4-10(9)20(18,19)16-7-11(13,14)15/h3-4,6,16-17H,5,7H2. The van der Waals surface area contributed by atoms with E-state index in [0.29, 0.717) is 0 Å². The van der Waals surface area contributed by atoms with Gasteiger partial charge in [0.25, 0.3) is 0 Å². The van der Waals surface area contributed by atoms with Gasteiger partial charge >= 0.3 is 6.18 Å². The zero-order valence-corrected chi connectivity index (χ0v) is 10.6. The highest BCUT2D eigenvalue weighted by Gasteiger charge is 2.30. The molecule has 9 heteroatoms. The summed E-state index contributed by atoms with van der Waals surface area (Å²) in [4.78, 5) is -0.906. The summed E-state index contributed by atoms with van der Waals surface area (Å²) in [6.07, 6.45) is -4.74. The average molecular weight is 311 g/mol. The van der Waals surface area contributed by atoms with Crippen LogP contribution in [0.3, 0.4) is 0 Å². The quantitative estimate of drug-likeness (QED) is 0.647. The Morgan fingerprint density at radius 3 is 2.45 bits per heavy atom. The fourth-order valence-electron chi connectivity index (χ4n) is 1.19. The summed E-state index contributed by atoms with van der Waals surface area (Å²) in [6.45, 7) is -2.25. The number of hydrogen-bond acceptors (Lipinski definition) is 3. The Hall–Kier alpha value is -1.63. The third-order valence-corrected chi connectivity index (χ3v) is 3.43. The Balaban J connectivity index is 3.02. The van der Waals surface area contributed by atoms with E-state index < -0.39 is 40.1 Å². The third-order valence-electron chi connectivity index (χ3n) is 2.00. The largest absolute Gasteiger partial charge is 0.402 e. The van der Waals surface area contributed by atoms with Crippen molar-refractivity contribution in [1.82, 2.24) is 4.72 Å². The van der Waals surface area contributed by atoms with Crippen LogP contribution < -0.4 is 4.72 Å². The second-order valence-electron chi connectivity index (χ2n) is 3.54. The molecule has 1 aromatic rings. The summed E-state index contributed by atoms with van der Waals surface area (Å²) in [5.41, 5.74) is 0.0892. The van der Waals surface area contributed by atoms with E-state index in [1.807, 2.05) is 0 Å². The van der Waals surface area contributed by atoms with Crippen LogP contribution in [0.2, 0.25) is 0 Å². The summed E-state index contributed by atoms with van der Waals surface area (Å²) >= 11 is 0. The van der Waals surface area contributed by atoms with Gasteiger partial charge in [-0.1, -0.05) is 11.8 Å². The number of hydrogen-bond donors (Lipinski definition) is 2. The second-order valence-corrected chi connectivity index (χ2v) is 5.28. The Morgan fingerprint density at radius 2 is 1.95 bits per heavy atom. The van der Waals surface area contributed by atoms with E-state index in [4.69, 9.17) is 5.11 Å². The van der Waals surface area contributed by atoms with Crippen molar-refractivity contribution in [2.24, 2.45) is 0 Å². The number of alkyl halides is 3. The van der Waals surface area contributed by atoms with Crippen LogP contribution in [0.4, 0.5) is 17.6 Å². The van der Waals surface area contributed by atoms with Gasteiger partial charge in [0, 0.05) is 5.56 Å². The first-order chi connectivity index (χ1) is 9.15. The second kappa shape index (κ2) is 6.21. The molecule has 0 atom stereocenters. The first-order valence-electron chi connectivity index (χ1n) is 5.11. The van der Waals surface area contributed by atoms with Gasteiger partial charge in [0.2, 0.25) is 10.0 Å². The molecule has 0 aliphatic heterocycles. The van der Waals surface area contributed by atoms with Gasteiger partial charge < -0.3 is 5.11 Å². The van der Waals surface area contributed by atoms with Gasteiger partial charge in [-0.15, -0.1) is 0 Å². The van der Waals surface area contributed by atoms with E-state index in [0.717, 1.165) is 18.2 Å². The lowest BCUT2D eigenvalue weighted by molar-refractivity contribution is -0.121. The summed E-state index contributed by atoms with van der Waals surface area (Å²) in [7, 11) is -4.60. The molecule has 0 amide bonds. The molecule has 0 spiro atoms. The molecule has 0 aromatic heterocycles. The van der Waals surface area contributed by atoms with E-state index in [-0.39, 0.29) is 5.56 Å². The van der Waals surface area contributed by atoms with Crippen LogP contribution >= 0.6 is 0 Å². The van der Waals surface area contributed by atoms with E-state index in [9.17, 15) is 26.0 Å².